The van der Waals surface area contributed by atoms with Crippen LogP contribution in [0.1, 0.15) is 18.5 Å². The van der Waals surface area contributed by atoms with Crippen LogP contribution in [0, 0.1) is 5.92 Å². The number of pyridine rings is 1. The predicted octanol–water partition coefficient (Wildman–Crippen LogP) is 2.36. The summed E-state index contributed by atoms with van der Waals surface area (Å²) in [6.07, 6.45) is 0.498. The Morgan fingerprint density at radius 1 is 1.10 bits per heavy atom. The zero-order valence-corrected chi connectivity index (χ0v) is 17.3. The summed E-state index contributed by atoms with van der Waals surface area (Å²) in [5, 5.41) is 3.49. The summed E-state index contributed by atoms with van der Waals surface area (Å²) in [5.74, 6) is 1.20. The molecule has 2 aliphatic heterocycles. The van der Waals surface area contributed by atoms with E-state index in [1.807, 2.05) is 24.4 Å². The van der Waals surface area contributed by atoms with Crippen LogP contribution in [0.3, 0.4) is 0 Å². The summed E-state index contributed by atoms with van der Waals surface area (Å²) in [7, 11) is 0. The highest BCUT2D eigenvalue weighted by Crippen LogP contribution is 2.27. The number of piperidine rings is 1. The monoisotopic (exact) mass is 436 g/mol. The van der Waals surface area contributed by atoms with Crippen LogP contribution in [0.4, 0.5) is 19.0 Å². The molecular weight excluding hydrogens is 409 g/mol. The van der Waals surface area contributed by atoms with E-state index in [9.17, 15) is 18.0 Å². The number of hydrogen-bond acceptors (Lipinski definition) is 5. The SMILES string of the molecule is O=C(Cn1ccc(C(F)(F)F)n1)N1CCCC(CN2CCN(c3ccccn3)CC2)C1. The summed E-state index contributed by atoms with van der Waals surface area (Å²) in [5.41, 5.74) is -0.971. The molecule has 0 radical (unpaired) electrons. The van der Waals surface area contributed by atoms with Crippen molar-refractivity contribution in [2.75, 3.05) is 50.7 Å². The molecule has 31 heavy (non-hydrogen) atoms. The summed E-state index contributed by atoms with van der Waals surface area (Å²) in [6, 6.07) is 6.83. The highest BCUT2D eigenvalue weighted by atomic mass is 19.4. The molecule has 0 saturated carbocycles. The number of halogens is 3. The maximum absolute atomic E-state index is 12.7. The van der Waals surface area contributed by atoms with E-state index < -0.39 is 11.9 Å². The van der Waals surface area contributed by atoms with Crippen molar-refractivity contribution in [1.82, 2.24) is 24.6 Å². The maximum Gasteiger partial charge on any atom is 0.435 e. The molecule has 7 nitrogen and oxygen atoms in total. The van der Waals surface area contributed by atoms with Gasteiger partial charge in [0.1, 0.15) is 12.4 Å². The van der Waals surface area contributed by atoms with Crippen molar-refractivity contribution in [3.8, 4) is 0 Å². The average molecular weight is 436 g/mol. The highest BCUT2D eigenvalue weighted by Gasteiger charge is 2.34. The minimum atomic E-state index is -4.49. The number of piperazine rings is 1. The molecule has 1 amide bonds. The first-order valence-corrected chi connectivity index (χ1v) is 10.7. The van der Waals surface area contributed by atoms with Crippen molar-refractivity contribution < 1.29 is 18.0 Å². The Labute approximate surface area is 179 Å². The lowest BCUT2D eigenvalue weighted by Gasteiger charge is -2.39. The molecule has 0 aliphatic carbocycles. The van der Waals surface area contributed by atoms with Crippen molar-refractivity contribution in [3.05, 3.63) is 42.4 Å². The number of amides is 1. The van der Waals surface area contributed by atoms with Gasteiger partial charge in [0.25, 0.3) is 0 Å². The summed E-state index contributed by atoms with van der Waals surface area (Å²) in [4.78, 5) is 23.5. The van der Waals surface area contributed by atoms with Gasteiger partial charge in [-0.1, -0.05) is 6.07 Å². The summed E-state index contributed by atoms with van der Waals surface area (Å²) >= 11 is 0. The Hall–Kier alpha value is -2.62. The number of anilines is 1. The lowest BCUT2D eigenvalue weighted by molar-refractivity contribution is -0.142. The van der Waals surface area contributed by atoms with Crippen LogP contribution in [0.15, 0.2) is 36.7 Å². The molecule has 1 atom stereocenters. The summed E-state index contributed by atoms with van der Waals surface area (Å²) < 4.78 is 39.2. The average Bonchev–Trinajstić information content (AvgIpc) is 3.24. The molecule has 2 aromatic rings. The largest absolute Gasteiger partial charge is 0.435 e. The molecule has 4 heterocycles. The van der Waals surface area contributed by atoms with Crippen LogP contribution in [0.25, 0.3) is 0 Å². The third-order valence-electron chi connectivity index (χ3n) is 5.96. The first-order chi connectivity index (χ1) is 14.9. The molecule has 4 rings (SSSR count). The molecule has 0 spiro atoms. The molecule has 2 aliphatic rings. The smallest absolute Gasteiger partial charge is 0.354 e. The fourth-order valence-electron chi connectivity index (χ4n) is 4.35. The highest BCUT2D eigenvalue weighted by molar-refractivity contribution is 5.76. The molecule has 0 bridgehead atoms. The Morgan fingerprint density at radius 3 is 2.58 bits per heavy atom. The second-order valence-corrected chi connectivity index (χ2v) is 8.22. The van der Waals surface area contributed by atoms with Gasteiger partial charge in [0, 0.05) is 58.2 Å². The van der Waals surface area contributed by atoms with Gasteiger partial charge in [-0.15, -0.1) is 0 Å². The van der Waals surface area contributed by atoms with Crippen LogP contribution in [0.5, 0.6) is 0 Å². The topological polar surface area (TPSA) is 57.5 Å². The van der Waals surface area contributed by atoms with Crippen LogP contribution >= 0.6 is 0 Å². The minimum absolute atomic E-state index is 0.161. The second-order valence-electron chi connectivity index (χ2n) is 8.22. The first-order valence-electron chi connectivity index (χ1n) is 10.7. The third-order valence-corrected chi connectivity index (χ3v) is 5.96. The molecule has 0 aromatic carbocycles. The fraction of sp³-hybridized carbons (Fsp3) is 0.571. The van der Waals surface area contributed by atoms with Crippen LogP contribution in [-0.2, 0) is 17.5 Å². The number of hydrogen-bond donors (Lipinski definition) is 0. The number of carbonyl (C=O) groups is 1. The van der Waals surface area contributed by atoms with E-state index in [0.717, 1.165) is 62.1 Å². The number of aromatic nitrogens is 3. The van der Waals surface area contributed by atoms with E-state index in [1.54, 1.807) is 4.90 Å². The van der Waals surface area contributed by atoms with Gasteiger partial charge in [-0.05, 0) is 37.0 Å². The standard InChI is InChI=1S/C21H27F3N6O/c22-21(23,24)18-6-9-30(26-18)16-20(31)29-8-3-4-17(15-29)14-27-10-12-28(13-11-27)19-5-1-2-7-25-19/h1-2,5-7,9,17H,3-4,8,10-16H2. The molecule has 2 fully saturated rings. The summed E-state index contributed by atoms with van der Waals surface area (Å²) in [6.45, 7) is 5.82. The van der Waals surface area contributed by atoms with Gasteiger partial charge in [-0.25, -0.2) is 4.98 Å². The minimum Gasteiger partial charge on any atom is -0.354 e. The fourth-order valence-corrected chi connectivity index (χ4v) is 4.35. The normalized spacial score (nSPS) is 20.8. The molecule has 10 heteroatoms. The van der Waals surface area contributed by atoms with E-state index in [-0.39, 0.29) is 12.5 Å². The molecule has 0 N–H and O–H groups in total. The number of alkyl halides is 3. The Bertz CT molecular complexity index is 864. The molecule has 2 aromatic heterocycles. The maximum atomic E-state index is 12.7. The number of nitrogens with zero attached hydrogens (tertiary/aromatic N) is 6. The zero-order chi connectivity index (χ0) is 21.8. The van der Waals surface area contributed by atoms with Crippen LogP contribution in [0.2, 0.25) is 0 Å². The van der Waals surface area contributed by atoms with E-state index >= 15 is 0 Å². The quantitative estimate of drug-likeness (QED) is 0.720. The number of likely N-dealkylation sites (tertiary alicyclic amines) is 1. The van der Waals surface area contributed by atoms with Gasteiger partial charge in [0.2, 0.25) is 5.91 Å². The number of carbonyl (C=O) groups excluding carboxylic acids is 1. The first kappa shape index (κ1) is 21.6. The molecule has 168 valence electrons. The Balaban J connectivity index is 1.25. The molecule has 1 unspecified atom stereocenters. The predicted molar refractivity (Wildman–Crippen MR) is 109 cm³/mol. The van der Waals surface area contributed by atoms with Gasteiger partial charge in [0.05, 0.1) is 0 Å². The van der Waals surface area contributed by atoms with Crippen LogP contribution < -0.4 is 4.90 Å². The Kier molecular flexibility index (Phi) is 6.45. The van der Waals surface area contributed by atoms with Gasteiger partial charge < -0.3 is 9.80 Å². The van der Waals surface area contributed by atoms with Gasteiger partial charge in [-0.2, -0.15) is 18.3 Å². The number of rotatable bonds is 5. The lowest BCUT2D eigenvalue weighted by Crippen LogP contribution is -2.50. The lowest BCUT2D eigenvalue weighted by atomic mass is 9.97. The third kappa shape index (κ3) is 5.55. The van der Waals surface area contributed by atoms with Crippen molar-refractivity contribution in [2.24, 2.45) is 5.92 Å². The van der Waals surface area contributed by atoms with E-state index in [0.29, 0.717) is 19.0 Å². The van der Waals surface area contributed by atoms with Crippen molar-refractivity contribution in [1.29, 1.82) is 0 Å². The van der Waals surface area contributed by atoms with Crippen molar-refractivity contribution in [3.63, 3.8) is 0 Å². The van der Waals surface area contributed by atoms with E-state index in [1.165, 1.54) is 6.20 Å². The van der Waals surface area contributed by atoms with Crippen LogP contribution in [-0.4, -0.2) is 76.3 Å². The van der Waals surface area contributed by atoms with E-state index in [2.05, 4.69) is 19.9 Å². The zero-order valence-electron chi connectivity index (χ0n) is 17.3. The molecular formula is C21H27F3N6O. The molecule has 2 saturated heterocycles. The van der Waals surface area contributed by atoms with Crippen molar-refractivity contribution in [2.45, 2.75) is 25.6 Å². The van der Waals surface area contributed by atoms with E-state index in [4.69, 9.17) is 0 Å². The van der Waals surface area contributed by atoms with Crippen molar-refractivity contribution >= 4 is 11.7 Å². The van der Waals surface area contributed by atoms with Gasteiger partial charge in [0.15, 0.2) is 5.69 Å². The van der Waals surface area contributed by atoms with Gasteiger partial charge in [-0.3, -0.25) is 14.4 Å². The van der Waals surface area contributed by atoms with Gasteiger partial charge >= 0.3 is 6.18 Å². The second kappa shape index (κ2) is 9.25. The Morgan fingerprint density at radius 2 is 1.90 bits per heavy atom.